The third-order valence-corrected chi connectivity index (χ3v) is 4.18. The number of thiazole rings is 1. The van der Waals surface area contributed by atoms with Gasteiger partial charge in [0.25, 0.3) is 5.19 Å². The SMILES string of the molecule is ClCc1cc2ccc(Oc3nc4ncccc4s3)cc2o1. The Morgan fingerprint density at radius 2 is 2.19 bits per heavy atom. The molecule has 4 nitrogen and oxygen atoms in total. The van der Waals surface area contributed by atoms with Gasteiger partial charge in [-0.1, -0.05) is 11.3 Å². The molecule has 0 fully saturated rings. The molecular weight excluding hydrogens is 308 g/mol. The van der Waals surface area contributed by atoms with Gasteiger partial charge in [0.05, 0.1) is 10.6 Å². The van der Waals surface area contributed by atoms with E-state index < -0.39 is 0 Å². The van der Waals surface area contributed by atoms with Gasteiger partial charge in [-0.15, -0.1) is 11.6 Å². The first-order chi connectivity index (χ1) is 10.3. The van der Waals surface area contributed by atoms with Crippen LogP contribution in [0.2, 0.25) is 0 Å². The van der Waals surface area contributed by atoms with Crippen molar-refractivity contribution < 1.29 is 9.15 Å². The van der Waals surface area contributed by atoms with Crippen molar-refractivity contribution in [2.75, 3.05) is 0 Å². The van der Waals surface area contributed by atoms with Gasteiger partial charge in [0.2, 0.25) is 0 Å². The number of benzene rings is 1. The summed E-state index contributed by atoms with van der Waals surface area (Å²) in [6.45, 7) is 0. The Morgan fingerprint density at radius 1 is 1.24 bits per heavy atom. The van der Waals surface area contributed by atoms with E-state index in [9.17, 15) is 0 Å². The number of fused-ring (bicyclic) bond motifs is 2. The zero-order chi connectivity index (χ0) is 14.2. The van der Waals surface area contributed by atoms with Crippen LogP contribution in [-0.4, -0.2) is 9.97 Å². The Kier molecular flexibility index (Phi) is 3.02. The van der Waals surface area contributed by atoms with E-state index in [1.54, 1.807) is 6.20 Å². The summed E-state index contributed by atoms with van der Waals surface area (Å²) in [5, 5.41) is 1.57. The molecule has 3 heterocycles. The molecular formula is C15H9ClN2O2S. The predicted octanol–water partition coefficient (Wildman–Crippen LogP) is 4.97. The van der Waals surface area contributed by atoms with Gasteiger partial charge in [0.15, 0.2) is 5.65 Å². The highest BCUT2D eigenvalue weighted by Crippen LogP contribution is 2.32. The Bertz CT molecular complexity index is 899. The molecule has 6 heteroatoms. The molecule has 0 aliphatic carbocycles. The van der Waals surface area contributed by atoms with Crippen molar-refractivity contribution in [3.63, 3.8) is 0 Å². The third kappa shape index (κ3) is 2.34. The second-order valence-corrected chi connectivity index (χ2v) is 5.71. The summed E-state index contributed by atoms with van der Waals surface area (Å²) in [5.41, 5.74) is 1.45. The fourth-order valence-corrected chi connectivity index (χ4v) is 3.02. The number of nitrogens with zero attached hydrogens (tertiary/aromatic N) is 2. The molecule has 0 saturated carbocycles. The average molecular weight is 317 g/mol. The number of aromatic nitrogens is 2. The molecule has 1 aromatic carbocycles. The van der Waals surface area contributed by atoms with Gasteiger partial charge < -0.3 is 9.15 Å². The molecule has 0 N–H and O–H groups in total. The number of alkyl halides is 1. The van der Waals surface area contributed by atoms with Crippen molar-refractivity contribution in [3.05, 3.63) is 48.4 Å². The van der Waals surface area contributed by atoms with Crippen LogP contribution in [0.15, 0.2) is 47.0 Å². The minimum Gasteiger partial charge on any atom is -0.460 e. The number of rotatable bonds is 3. The second-order valence-electron chi connectivity index (χ2n) is 4.45. The predicted molar refractivity (Wildman–Crippen MR) is 83.3 cm³/mol. The zero-order valence-corrected chi connectivity index (χ0v) is 12.3. The number of hydrogen-bond acceptors (Lipinski definition) is 5. The monoisotopic (exact) mass is 316 g/mol. The van der Waals surface area contributed by atoms with Crippen LogP contribution in [0.4, 0.5) is 0 Å². The number of hydrogen-bond donors (Lipinski definition) is 0. The van der Waals surface area contributed by atoms with Gasteiger partial charge in [0, 0.05) is 17.6 Å². The van der Waals surface area contributed by atoms with Crippen LogP contribution in [-0.2, 0) is 5.88 Å². The number of pyridine rings is 1. The lowest BCUT2D eigenvalue weighted by Crippen LogP contribution is -1.82. The van der Waals surface area contributed by atoms with Crippen molar-refractivity contribution in [1.29, 1.82) is 0 Å². The molecule has 0 bridgehead atoms. The van der Waals surface area contributed by atoms with Crippen molar-refractivity contribution in [1.82, 2.24) is 9.97 Å². The van der Waals surface area contributed by atoms with Gasteiger partial charge in [-0.3, -0.25) is 0 Å². The molecule has 3 aromatic heterocycles. The molecule has 0 unspecified atom stereocenters. The second kappa shape index (κ2) is 5.02. The summed E-state index contributed by atoms with van der Waals surface area (Å²) in [7, 11) is 0. The summed E-state index contributed by atoms with van der Waals surface area (Å²) < 4.78 is 12.4. The van der Waals surface area contributed by atoms with E-state index in [1.165, 1.54) is 11.3 Å². The molecule has 0 radical (unpaired) electrons. The molecule has 21 heavy (non-hydrogen) atoms. The molecule has 0 amide bonds. The topological polar surface area (TPSA) is 48.2 Å². The molecule has 104 valence electrons. The third-order valence-electron chi connectivity index (χ3n) is 3.02. The fourth-order valence-electron chi connectivity index (χ4n) is 2.09. The van der Waals surface area contributed by atoms with Gasteiger partial charge >= 0.3 is 0 Å². The van der Waals surface area contributed by atoms with Crippen LogP contribution in [0.3, 0.4) is 0 Å². The molecule has 4 rings (SSSR count). The van der Waals surface area contributed by atoms with Gasteiger partial charge in [-0.2, -0.15) is 4.98 Å². The highest BCUT2D eigenvalue weighted by molar-refractivity contribution is 7.20. The maximum absolute atomic E-state index is 5.79. The number of ether oxygens (including phenoxy) is 1. The smallest absolute Gasteiger partial charge is 0.281 e. The highest BCUT2D eigenvalue weighted by Gasteiger charge is 2.09. The standard InChI is InChI=1S/C15H9ClN2O2S/c16-8-11-6-9-3-4-10(7-12(9)19-11)20-15-18-14-13(21-15)2-1-5-17-14/h1-7H,8H2. The maximum atomic E-state index is 5.79. The lowest BCUT2D eigenvalue weighted by Gasteiger charge is -2.00. The number of furan rings is 1. The Labute approximate surface area is 129 Å². The van der Waals surface area contributed by atoms with E-state index in [1.807, 2.05) is 36.4 Å². The average Bonchev–Trinajstić information content (AvgIpc) is 3.09. The Hall–Kier alpha value is -2.11. The summed E-state index contributed by atoms with van der Waals surface area (Å²) in [6, 6.07) is 11.4. The van der Waals surface area contributed by atoms with Crippen LogP contribution in [0.5, 0.6) is 10.9 Å². The van der Waals surface area contributed by atoms with Crippen LogP contribution >= 0.6 is 22.9 Å². The number of halogens is 1. The minimum absolute atomic E-state index is 0.356. The summed E-state index contributed by atoms with van der Waals surface area (Å²) in [5.74, 6) is 1.78. The van der Waals surface area contributed by atoms with Crippen molar-refractivity contribution in [3.8, 4) is 10.9 Å². The van der Waals surface area contributed by atoms with Crippen molar-refractivity contribution >= 4 is 44.3 Å². The molecule has 4 aromatic rings. The van der Waals surface area contributed by atoms with Crippen LogP contribution in [0.1, 0.15) is 5.76 Å². The lowest BCUT2D eigenvalue weighted by molar-refractivity contribution is 0.478. The lowest BCUT2D eigenvalue weighted by atomic mass is 10.2. The maximum Gasteiger partial charge on any atom is 0.281 e. The van der Waals surface area contributed by atoms with E-state index in [-0.39, 0.29) is 0 Å². The molecule has 0 spiro atoms. The fraction of sp³-hybridized carbons (Fsp3) is 0.0667. The van der Waals surface area contributed by atoms with Crippen molar-refractivity contribution in [2.24, 2.45) is 0 Å². The van der Waals surface area contributed by atoms with Gasteiger partial charge in [0.1, 0.15) is 17.1 Å². The zero-order valence-electron chi connectivity index (χ0n) is 10.7. The Balaban J connectivity index is 1.69. The summed E-state index contributed by atoms with van der Waals surface area (Å²) >= 11 is 7.23. The Morgan fingerprint density at radius 3 is 3.05 bits per heavy atom. The normalized spacial score (nSPS) is 11.3. The molecule has 0 aliphatic heterocycles. The van der Waals surface area contributed by atoms with Crippen LogP contribution < -0.4 is 4.74 Å². The summed E-state index contributed by atoms with van der Waals surface area (Å²) in [4.78, 5) is 8.54. The molecule has 0 aliphatic rings. The molecule has 0 saturated heterocycles. The highest BCUT2D eigenvalue weighted by atomic mass is 35.5. The first-order valence-electron chi connectivity index (χ1n) is 6.30. The van der Waals surface area contributed by atoms with Crippen LogP contribution in [0.25, 0.3) is 21.3 Å². The van der Waals surface area contributed by atoms with E-state index in [0.29, 0.717) is 22.5 Å². The van der Waals surface area contributed by atoms with E-state index in [0.717, 1.165) is 21.4 Å². The first-order valence-corrected chi connectivity index (χ1v) is 7.65. The summed E-state index contributed by atoms with van der Waals surface area (Å²) in [6.07, 6.45) is 1.72. The molecule has 0 atom stereocenters. The van der Waals surface area contributed by atoms with Crippen molar-refractivity contribution in [2.45, 2.75) is 5.88 Å². The van der Waals surface area contributed by atoms with Crippen LogP contribution in [0, 0.1) is 0 Å². The van der Waals surface area contributed by atoms with E-state index in [4.69, 9.17) is 20.8 Å². The van der Waals surface area contributed by atoms with Gasteiger partial charge in [-0.25, -0.2) is 4.98 Å². The van der Waals surface area contributed by atoms with E-state index in [2.05, 4.69) is 9.97 Å². The minimum atomic E-state index is 0.356. The largest absolute Gasteiger partial charge is 0.460 e. The quantitative estimate of drug-likeness (QED) is 0.501. The first kappa shape index (κ1) is 12.6. The van der Waals surface area contributed by atoms with E-state index >= 15 is 0 Å². The van der Waals surface area contributed by atoms with Gasteiger partial charge in [-0.05, 0) is 30.3 Å².